The van der Waals surface area contributed by atoms with Crippen molar-refractivity contribution in [2.75, 3.05) is 20.3 Å². The number of methoxy groups -OCH3 is 1. The molecular weight excluding hydrogens is 168 g/mol. The van der Waals surface area contributed by atoms with Crippen molar-refractivity contribution in [1.82, 2.24) is 0 Å². The number of hydrogen-bond acceptors (Lipinski definition) is 3. The number of ketones is 1. The van der Waals surface area contributed by atoms with Crippen molar-refractivity contribution in [2.45, 2.75) is 26.2 Å². The number of rotatable bonds is 7. The minimum atomic E-state index is 0.0947. The highest BCUT2D eigenvalue weighted by Crippen LogP contribution is 2.03. The Kier molecular flexibility index (Phi) is 7.54. The van der Waals surface area contributed by atoms with Crippen LogP contribution in [0.5, 0.6) is 0 Å². The van der Waals surface area contributed by atoms with Crippen LogP contribution >= 0.6 is 0 Å². The second-order valence-corrected chi connectivity index (χ2v) is 3.03. The predicted octanol–water partition coefficient (Wildman–Crippen LogP) is 1.31. The van der Waals surface area contributed by atoms with Crippen LogP contribution in [0.3, 0.4) is 0 Å². The molecule has 13 heavy (non-hydrogen) atoms. The van der Waals surface area contributed by atoms with E-state index in [-0.39, 0.29) is 12.4 Å². The van der Waals surface area contributed by atoms with Crippen LogP contribution in [0.15, 0.2) is 11.6 Å². The predicted molar refractivity (Wildman–Crippen MR) is 51.6 cm³/mol. The third kappa shape index (κ3) is 7.68. The summed E-state index contributed by atoms with van der Waals surface area (Å²) in [6, 6.07) is 0. The van der Waals surface area contributed by atoms with Crippen LogP contribution in [-0.2, 0) is 9.53 Å². The highest BCUT2D eigenvalue weighted by molar-refractivity contribution is 5.90. The maximum atomic E-state index is 11.2. The fourth-order valence-electron chi connectivity index (χ4n) is 0.980. The first-order valence-corrected chi connectivity index (χ1v) is 4.50. The van der Waals surface area contributed by atoms with E-state index in [2.05, 4.69) is 0 Å². The zero-order chi connectivity index (χ0) is 10.1. The number of allylic oxidation sites excluding steroid dienone is 2. The molecule has 3 heteroatoms. The van der Waals surface area contributed by atoms with Gasteiger partial charge < -0.3 is 9.84 Å². The highest BCUT2D eigenvalue weighted by Gasteiger charge is 1.98. The molecule has 0 spiro atoms. The molecule has 0 fully saturated rings. The van der Waals surface area contributed by atoms with Gasteiger partial charge in [-0.25, -0.2) is 0 Å². The smallest absolute Gasteiger partial charge is 0.157 e. The molecule has 0 rings (SSSR count). The molecule has 0 bridgehead atoms. The molecule has 0 saturated carbocycles. The Labute approximate surface area is 79.4 Å². The summed E-state index contributed by atoms with van der Waals surface area (Å²) in [5.41, 5.74) is 1.02. The Morgan fingerprint density at radius 3 is 2.69 bits per heavy atom. The minimum Gasteiger partial charge on any atom is -0.396 e. The van der Waals surface area contributed by atoms with Gasteiger partial charge in [-0.1, -0.05) is 5.57 Å². The molecule has 0 atom stereocenters. The lowest BCUT2D eigenvalue weighted by atomic mass is 10.1. The van der Waals surface area contributed by atoms with Crippen molar-refractivity contribution < 1.29 is 14.6 Å². The Bertz CT molecular complexity index is 173. The lowest BCUT2D eigenvalue weighted by molar-refractivity contribution is -0.115. The number of aliphatic hydroxyl groups is 1. The Morgan fingerprint density at radius 1 is 1.46 bits per heavy atom. The monoisotopic (exact) mass is 186 g/mol. The van der Waals surface area contributed by atoms with Crippen molar-refractivity contribution in [3.63, 3.8) is 0 Å². The van der Waals surface area contributed by atoms with E-state index in [9.17, 15) is 4.79 Å². The summed E-state index contributed by atoms with van der Waals surface area (Å²) in [7, 11) is 1.58. The summed E-state index contributed by atoms with van der Waals surface area (Å²) in [4.78, 5) is 11.2. The number of carbonyl (C=O) groups is 1. The fourth-order valence-corrected chi connectivity index (χ4v) is 0.980. The van der Waals surface area contributed by atoms with E-state index in [0.717, 1.165) is 18.4 Å². The van der Waals surface area contributed by atoms with Crippen LogP contribution in [-0.4, -0.2) is 31.2 Å². The summed E-state index contributed by atoms with van der Waals surface area (Å²) in [5.74, 6) is 0.0947. The number of hydrogen-bond donors (Lipinski definition) is 1. The summed E-state index contributed by atoms with van der Waals surface area (Å²) in [6.45, 7) is 2.56. The van der Waals surface area contributed by atoms with Crippen LogP contribution in [0.1, 0.15) is 26.2 Å². The van der Waals surface area contributed by atoms with Crippen molar-refractivity contribution in [1.29, 1.82) is 0 Å². The van der Waals surface area contributed by atoms with Gasteiger partial charge in [0.1, 0.15) is 0 Å². The summed E-state index contributed by atoms with van der Waals surface area (Å²) in [5, 5.41) is 8.56. The van der Waals surface area contributed by atoms with Gasteiger partial charge in [-0.15, -0.1) is 0 Å². The van der Waals surface area contributed by atoms with E-state index >= 15 is 0 Å². The number of ether oxygens (including phenoxy) is 1. The lowest BCUT2D eigenvalue weighted by Gasteiger charge is -1.98. The van der Waals surface area contributed by atoms with Gasteiger partial charge in [-0.3, -0.25) is 4.79 Å². The highest BCUT2D eigenvalue weighted by atomic mass is 16.5. The second kappa shape index (κ2) is 7.95. The maximum Gasteiger partial charge on any atom is 0.157 e. The van der Waals surface area contributed by atoms with Crippen molar-refractivity contribution in [3.05, 3.63) is 11.6 Å². The average molecular weight is 186 g/mol. The molecule has 0 aromatic rings. The Morgan fingerprint density at radius 2 is 2.15 bits per heavy atom. The van der Waals surface area contributed by atoms with E-state index in [1.165, 1.54) is 0 Å². The normalized spacial score (nSPS) is 11.8. The molecule has 0 aliphatic rings. The molecule has 76 valence electrons. The van der Waals surface area contributed by atoms with Crippen LogP contribution in [0.2, 0.25) is 0 Å². The lowest BCUT2D eigenvalue weighted by Crippen LogP contribution is -2.00. The van der Waals surface area contributed by atoms with Crippen LogP contribution in [0, 0.1) is 0 Å². The molecule has 1 N–H and O–H groups in total. The molecule has 0 radical (unpaired) electrons. The van der Waals surface area contributed by atoms with Gasteiger partial charge in [0.15, 0.2) is 5.78 Å². The third-order valence-corrected chi connectivity index (χ3v) is 1.69. The first-order chi connectivity index (χ1) is 6.20. The van der Waals surface area contributed by atoms with Gasteiger partial charge in [-0.2, -0.15) is 0 Å². The van der Waals surface area contributed by atoms with Gasteiger partial charge in [0.05, 0.1) is 6.61 Å². The second-order valence-electron chi connectivity index (χ2n) is 3.03. The van der Waals surface area contributed by atoms with Crippen LogP contribution in [0.4, 0.5) is 0 Å². The van der Waals surface area contributed by atoms with Crippen molar-refractivity contribution >= 4 is 5.78 Å². The first kappa shape index (κ1) is 12.3. The third-order valence-electron chi connectivity index (χ3n) is 1.69. The quantitative estimate of drug-likeness (QED) is 0.610. The molecule has 0 aliphatic carbocycles. The molecule has 0 amide bonds. The SMILES string of the molecule is COCCC(=O)C=C(C)CCCO. The van der Waals surface area contributed by atoms with E-state index in [4.69, 9.17) is 9.84 Å². The van der Waals surface area contributed by atoms with E-state index in [1.54, 1.807) is 13.2 Å². The van der Waals surface area contributed by atoms with E-state index < -0.39 is 0 Å². The van der Waals surface area contributed by atoms with Gasteiger partial charge in [0, 0.05) is 20.1 Å². The summed E-state index contributed by atoms with van der Waals surface area (Å²) < 4.78 is 4.79. The first-order valence-electron chi connectivity index (χ1n) is 4.50. The van der Waals surface area contributed by atoms with Crippen LogP contribution in [0.25, 0.3) is 0 Å². The zero-order valence-electron chi connectivity index (χ0n) is 8.38. The zero-order valence-corrected chi connectivity index (χ0v) is 8.38. The van der Waals surface area contributed by atoms with E-state index in [1.807, 2.05) is 6.92 Å². The molecule has 0 saturated heterocycles. The standard InChI is InChI=1S/C10H18O3/c1-9(4-3-6-11)8-10(12)5-7-13-2/h8,11H,3-7H2,1-2H3. The van der Waals surface area contributed by atoms with Gasteiger partial charge in [0.2, 0.25) is 0 Å². The van der Waals surface area contributed by atoms with Crippen LogP contribution < -0.4 is 0 Å². The topological polar surface area (TPSA) is 46.5 Å². The minimum absolute atomic E-state index is 0.0947. The molecule has 0 aromatic heterocycles. The van der Waals surface area contributed by atoms with Gasteiger partial charge in [0.25, 0.3) is 0 Å². The molecule has 0 aliphatic heterocycles. The maximum absolute atomic E-state index is 11.2. The van der Waals surface area contributed by atoms with Gasteiger partial charge in [-0.05, 0) is 25.8 Å². The Balaban J connectivity index is 3.70. The fraction of sp³-hybridized carbons (Fsp3) is 0.700. The number of carbonyl (C=O) groups excluding carboxylic acids is 1. The Hall–Kier alpha value is -0.670. The van der Waals surface area contributed by atoms with Crippen molar-refractivity contribution in [2.24, 2.45) is 0 Å². The molecule has 0 aromatic carbocycles. The van der Waals surface area contributed by atoms with Gasteiger partial charge >= 0.3 is 0 Å². The molecule has 0 unspecified atom stereocenters. The largest absolute Gasteiger partial charge is 0.396 e. The summed E-state index contributed by atoms with van der Waals surface area (Å²) in [6.07, 6.45) is 3.58. The molecular formula is C10H18O3. The molecule has 3 nitrogen and oxygen atoms in total. The van der Waals surface area contributed by atoms with Crippen molar-refractivity contribution in [3.8, 4) is 0 Å². The summed E-state index contributed by atoms with van der Waals surface area (Å²) >= 11 is 0. The number of aliphatic hydroxyl groups excluding tert-OH is 1. The average Bonchev–Trinajstić information content (AvgIpc) is 2.11. The molecule has 0 heterocycles. The van der Waals surface area contributed by atoms with E-state index in [0.29, 0.717) is 13.0 Å².